The second-order valence-corrected chi connectivity index (χ2v) is 4.64. The maximum Gasteiger partial charge on any atom is 0.170 e. The van der Waals surface area contributed by atoms with Gasteiger partial charge in [-0.25, -0.2) is 0 Å². The molecule has 0 saturated carbocycles. The van der Waals surface area contributed by atoms with E-state index in [0.717, 1.165) is 5.82 Å². The van der Waals surface area contributed by atoms with Crippen molar-refractivity contribution in [3.63, 3.8) is 0 Å². The van der Waals surface area contributed by atoms with Crippen molar-refractivity contribution >= 4 is 28.9 Å². The first-order chi connectivity index (χ1) is 8.49. The number of hydrogen-bond donors (Lipinski definition) is 1. The van der Waals surface area contributed by atoms with E-state index in [1.807, 2.05) is 18.5 Å². The highest BCUT2D eigenvalue weighted by Gasteiger charge is 2.11. The van der Waals surface area contributed by atoms with E-state index in [4.69, 9.17) is 33.7 Å². The summed E-state index contributed by atoms with van der Waals surface area (Å²) in [6, 6.07) is 3.18. The van der Waals surface area contributed by atoms with E-state index in [1.54, 1.807) is 12.1 Å². The SMILES string of the molecule is Cc1nnc(COc2c(Cl)cc(N)cc2Cl)n1C. The van der Waals surface area contributed by atoms with Crippen LogP contribution >= 0.6 is 23.2 Å². The topological polar surface area (TPSA) is 66.0 Å². The lowest BCUT2D eigenvalue weighted by Gasteiger charge is -2.10. The summed E-state index contributed by atoms with van der Waals surface area (Å²) in [6.07, 6.45) is 0. The lowest BCUT2D eigenvalue weighted by atomic mass is 10.3. The molecule has 0 fully saturated rings. The summed E-state index contributed by atoms with van der Waals surface area (Å²) < 4.78 is 7.39. The molecule has 1 heterocycles. The number of halogens is 2. The van der Waals surface area contributed by atoms with Crippen LogP contribution < -0.4 is 10.5 Å². The Bertz CT molecular complexity index is 559. The predicted octanol–water partition coefficient (Wildman–Crippen LogP) is 2.59. The third-order valence-corrected chi connectivity index (χ3v) is 3.11. The van der Waals surface area contributed by atoms with Crippen LogP contribution in [0.5, 0.6) is 5.75 Å². The number of nitrogens with zero attached hydrogens (tertiary/aromatic N) is 3. The summed E-state index contributed by atoms with van der Waals surface area (Å²) in [5, 5.41) is 8.67. The van der Waals surface area contributed by atoms with Crippen molar-refractivity contribution in [1.29, 1.82) is 0 Å². The number of hydrogen-bond acceptors (Lipinski definition) is 4. The van der Waals surface area contributed by atoms with E-state index >= 15 is 0 Å². The van der Waals surface area contributed by atoms with Crippen LogP contribution in [0.15, 0.2) is 12.1 Å². The molecule has 2 N–H and O–H groups in total. The third kappa shape index (κ3) is 2.52. The van der Waals surface area contributed by atoms with E-state index < -0.39 is 0 Å². The zero-order valence-electron chi connectivity index (χ0n) is 9.94. The minimum atomic E-state index is 0.237. The van der Waals surface area contributed by atoms with Crippen LogP contribution in [-0.2, 0) is 13.7 Å². The maximum absolute atomic E-state index is 6.01. The van der Waals surface area contributed by atoms with Gasteiger partial charge in [-0.15, -0.1) is 10.2 Å². The lowest BCUT2D eigenvalue weighted by molar-refractivity contribution is 0.291. The molecule has 5 nitrogen and oxygen atoms in total. The van der Waals surface area contributed by atoms with Crippen LogP contribution in [-0.4, -0.2) is 14.8 Å². The van der Waals surface area contributed by atoms with Gasteiger partial charge in [-0.3, -0.25) is 0 Å². The standard InChI is InChI=1S/C11H12Cl2N4O/c1-6-15-16-10(17(6)2)5-18-11-8(12)3-7(14)4-9(11)13/h3-4H,5,14H2,1-2H3. The Morgan fingerprint density at radius 2 is 1.89 bits per heavy atom. The summed E-state index contributed by atoms with van der Waals surface area (Å²) in [7, 11) is 1.86. The molecule has 0 saturated heterocycles. The molecule has 0 aliphatic rings. The van der Waals surface area contributed by atoms with Crippen molar-refractivity contribution in [2.75, 3.05) is 5.73 Å². The molecular formula is C11H12Cl2N4O. The smallest absolute Gasteiger partial charge is 0.170 e. The molecule has 1 aromatic heterocycles. The van der Waals surface area contributed by atoms with Gasteiger partial charge in [-0.1, -0.05) is 23.2 Å². The van der Waals surface area contributed by atoms with Crippen LogP contribution in [0.25, 0.3) is 0 Å². The molecule has 0 unspecified atom stereocenters. The molecule has 0 atom stereocenters. The molecule has 0 aliphatic carbocycles. The van der Waals surface area contributed by atoms with Gasteiger partial charge in [-0.05, 0) is 19.1 Å². The van der Waals surface area contributed by atoms with Crippen molar-refractivity contribution in [1.82, 2.24) is 14.8 Å². The number of rotatable bonds is 3. The number of nitrogen functional groups attached to an aromatic ring is 1. The molecule has 96 valence electrons. The fourth-order valence-electron chi connectivity index (χ4n) is 1.43. The van der Waals surface area contributed by atoms with Gasteiger partial charge in [0.15, 0.2) is 11.6 Å². The Morgan fingerprint density at radius 3 is 2.39 bits per heavy atom. The number of aromatic nitrogens is 3. The molecule has 0 amide bonds. The zero-order valence-corrected chi connectivity index (χ0v) is 11.5. The van der Waals surface area contributed by atoms with Crippen molar-refractivity contribution in [3.8, 4) is 5.75 Å². The molecule has 7 heteroatoms. The van der Waals surface area contributed by atoms with Crippen molar-refractivity contribution in [2.24, 2.45) is 7.05 Å². The molecular weight excluding hydrogens is 275 g/mol. The normalized spacial score (nSPS) is 10.7. The van der Waals surface area contributed by atoms with Crippen LogP contribution in [0.4, 0.5) is 5.69 Å². The van der Waals surface area contributed by atoms with E-state index in [0.29, 0.717) is 27.3 Å². The Kier molecular flexibility index (Phi) is 3.63. The second kappa shape index (κ2) is 5.04. The van der Waals surface area contributed by atoms with Crippen molar-refractivity contribution in [3.05, 3.63) is 33.8 Å². The van der Waals surface area contributed by atoms with Crippen molar-refractivity contribution in [2.45, 2.75) is 13.5 Å². The summed E-state index contributed by atoms with van der Waals surface area (Å²) in [5.41, 5.74) is 6.10. The van der Waals surface area contributed by atoms with Gasteiger partial charge in [0.2, 0.25) is 0 Å². The zero-order chi connectivity index (χ0) is 13.3. The number of aryl methyl sites for hydroxylation is 1. The summed E-state index contributed by atoms with van der Waals surface area (Å²) in [6.45, 7) is 2.10. The molecule has 0 aliphatic heterocycles. The molecule has 0 radical (unpaired) electrons. The number of benzene rings is 1. The number of ether oxygens (including phenoxy) is 1. The van der Waals surface area contributed by atoms with Gasteiger partial charge in [0.05, 0.1) is 10.0 Å². The molecule has 18 heavy (non-hydrogen) atoms. The number of nitrogens with two attached hydrogens (primary N) is 1. The third-order valence-electron chi connectivity index (χ3n) is 2.55. The van der Waals surface area contributed by atoms with Crippen LogP contribution in [0.2, 0.25) is 10.0 Å². The highest BCUT2D eigenvalue weighted by molar-refractivity contribution is 6.37. The first kappa shape index (κ1) is 13.0. The second-order valence-electron chi connectivity index (χ2n) is 3.82. The minimum Gasteiger partial charge on any atom is -0.482 e. The molecule has 0 spiro atoms. The largest absolute Gasteiger partial charge is 0.482 e. The monoisotopic (exact) mass is 286 g/mol. The van der Waals surface area contributed by atoms with E-state index in [9.17, 15) is 0 Å². The Morgan fingerprint density at radius 1 is 1.28 bits per heavy atom. The average Bonchev–Trinajstić information content (AvgIpc) is 2.59. The van der Waals surface area contributed by atoms with Gasteiger partial charge < -0.3 is 15.0 Å². The van der Waals surface area contributed by atoms with Gasteiger partial charge >= 0.3 is 0 Å². The average molecular weight is 287 g/mol. The van der Waals surface area contributed by atoms with E-state index in [2.05, 4.69) is 10.2 Å². The Balaban J connectivity index is 2.18. The van der Waals surface area contributed by atoms with Crippen LogP contribution in [0.1, 0.15) is 11.6 Å². The fourth-order valence-corrected chi connectivity index (χ4v) is 2.04. The first-order valence-corrected chi connectivity index (χ1v) is 5.97. The molecule has 2 aromatic rings. The first-order valence-electron chi connectivity index (χ1n) is 5.21. The number of anilines is 1. The summed E-state index contributed by atoms with van der Waals surface area (Å²) >= 11 is 12.0. The van der Waals surface area contributed by atoms with Crippen LogP contribution in [0, 0.1) is 6.92 Å². The fraction of sp³-hybridized carbons (Fsp3) is 0.273. The summed E-state index contributed by atoms with van der Waals surface area (Å²) in [4.78, 5) is 0. The molecule has 0 bridgehead atoms. The van der Waals surface area contributed by atoms with Gasteiger partial charge in [-0.2, -0.15) is 0 Å². The van der Waals surface area contributed by atoms with Gasteiger partial charge in [0.25, 0.3) is 0 Å². The van der Waals surface area contributed by atoms with E-state index in [-0.39, 0.29) is 6.61 Å². The quantitative estimate of drug-likeness (QED) is 0.881. The highest BCUT2D eigenvalue weighted by atomic mass is 35.5. The summed E-state index contributed by atoms with van der Waals surface area (Å²) in [5.74, 6) is 1.90. The Labute approximate surface area is 114 Å². The van der Waals surface area contributed by atoms with E-state index in [1.165, 1.54) is 0 Å². The Hall–Kier alpha value is -1.46. The maximum atomic E-state index is 6.01. The van der Waals surface area contributed by atoms with Gasteiger partial charge in [0.1, 0.15) is 12.4 Å². The van der Waals surface area contributed by atoms with Crippen molar-refractivity contribution < 1.29 is 4.74 Å². The highest BCUT2D eigenvalue weighted by Crippen LogP contribution is 2.35. The minimum absolute atomic E-state index is 0.237. The lowest BCUT2D eigenvalue weighted by Crippen LogP contribution is -2.05. The molecule has 2 rings (SSSR count). The molecule has 1 aromatic carbocycles. The van der Waals surface area contributed by atoms with Crippen LogP contribution in [0.3, 0.4) is 0 Å². The van der Waals surface area contributed by atoms with Gasteiger partial charge in [0, 0.05) is 12.7 Å². The predicted molar refractivity (Wildman–Crippen MR) is 70.9 cm³/mol.